The molecule has 1 N–H and O–H groups in total. The minimum atomic E-state index is -0.0454. The Kier molecular flexibility index (Phi) is 3.50. The summed E-state index contributed by atoms with van der Waals surface area (Å²) < 4.78 is 5.00. The third-order valence-electron chi connectivity index (χ3n) is 3.55. The van der Waals surface area contributed by atoms with E-state index in [1.165, 1.54) is 17.5 Å². The fourth-order valence-electron chi connectivity index (χ4n) is 2.54. The number of rotatable bonds is 4. The number of carbonyl (C=O) groups is 1. The molecule has 0 fully saturated rings. The Bertz CT molecular complexity index is 634. The highest BCUT2D eigenvalue weighted by Crippen LogP contribution is 2.22. The molecule has 0 saturated carbocycles. The summed E-state index contributed by atoms with van der Waals surface area (Å²) in [5.74, 6) is 1.12. The molecule has 1 aromatic carbocycles. The van der Waals surface area contributed by atoms with Crippen LogP contribution < -0.4 is 5.32 Å². The highest BCUT2D eigenvalue weighted by molar-refractivity contribution is 5.94. The molecule has 20 heavy (non-hydrogen) atoms. The Balaban J connectivity index is 1.56. The van der Waals surface area contributed by atoms with Gasteiger partial charge < -0.3 is 9.84 Å². The van der Waals surface area contributed by atoms with Crippen molar-refractivity contribution in [2.24, 2.45) is 0 Å². The van der Waals surface area contributed by atoms with Gasteiger partial charge in [0.05, 0.1) is 0 Å². The predicted octanol–water partition coefficient (Wildman–Crippen LogP) is 1.84. The summed E-state index contributed by atoms with van der Waals surface area (Å²) in [4.78, 5) is 16.2. The lowest BCUT2D eigenvalue weighted by molar-refractivity contribution is 0.0953. The average molecular weight is 271 g/mol. The number of carbonyl (C=O) groups excluding carboxylic acids is 1. The maximum atomic E-state index is 12.1. The van der Waals surface area contributed by atoms with E-state index in [1.807, 2.05) is 12.1 Å². The van der Waals surface area contributed by atoms with Crippen LogP contribution in [0.3, 0.4) is 0 Å². The zero-order valence-corrected chi connectivity index (χ0v) is 11.5. The smallest absolute Gasteiger partial charge is 0.251 e. The summed E-state index contributed by atoms with van der Waals surface area (Å²) in [7, 11) is 0. The molecule has 1 heterocycles. The first-order valence-corrected chi connectivity index (χ1v) is 6.91. The molecule has 0 bridgehead atoms. The number of fused-ring (bicyclic) bond motifs is 1. The van der Waals surface area contributed by atoms with Gasteiger partial charge in [0.2, 0.25) is 5.89 Å². The van der Waals surface area contributed by atoms with Crippen LogP contribution in [0.15, 0.2) is 22.7 Å². The van der Waals surface area contributed by atoms with Crippen LogP contribution in [0.1, 0.15) is 39.6 Å². The van der Waals surface area contributed by atoms with Crippen molar-refractivity contribution in [3.05, 3.63) is 46.6 Å². The summed E-state index contributed by atoms with van der Waals surface area (Å²) in [5.41, 5.74) is 3.42. The van der Waals surface area contributed by atoms with Crippen LogP contribution in [0.5, 0.6) is 0 Å². The lowest BCUT2D eigenvalue weighted by Crippen LogP contribution is -2.25. The van der Waals surface area contributed by atoms with E-state index in [2.05, 4.69) is 21.5 Å². The number of hydrogen-bond donors (Lipinski definition) is 1. The molecule has 5 nitrogen and oxygen atoms in total. The molecular formula is C15H17N3O2. The van der Waals surface area contributed by atoms with E-state index in [1.54, 1.807) is 6.92 Å². The second-order valence-corrected chi connectivity index (χ2v) is 5.08. The van der Waals surface area contributed by atoms with Crippen LogP contribution >= 0.6 is 0 Å². The lowest BCUT2D eigenvalue weighted by Gasteiger charge is -2.06. The lowest BCUT2D eigenvalue weighted by atomic mass is 10.1. The van der Waals surface area contributed by atoms with E-state index < -0.39 is 0 Å². The zero-order chi connectivity index (χ0) is 13.9. The molecular weight excluding hydrogens is 254 g/mol. The Labute approximate surface area is 117 Å². The minimum absolute atomic E-state index is 0.0454. The van der Waals surface area contributed by atoms with Crippen LogP contribution in [-0.2, 0) is 19.3 Å². The molecule has 2 aromatic rings. The molecule has 0 unspecified atom stereocenters. The number of amides is 1. The number of nitrogens with zero attached hydrogens (tertiary/aromatic N) is 2. The number of aromatic nitrogens is 2. The molecule has 0 aliphatic heterocycles. The predicted molar refractivity (Wildman–Crippen MR) is 73.5 cm³/mol. The van der Waals surface area contributed by atoms with Gasteiger partial charge >= 0.3 is 0 Å². The summed E-state index contributed by atoms with van der Waals surface area (Å²) in [6.07, 6.45) is 3.96. The molecule has 104 valence electrons. The van der Waals surface area contributed by atoms with E-state index in [4.69, 9.17) is 4.52 Å². The van der Waals surface area contributed by atoms with E-state index in [0.29, 0.717) is 24.7 Å². The number of aryl methyl sites for hydroxylation is 3. The van der Waals surface area contributed by atoms with Crippen LogP contribution in [0.2, 0.25) is 0 Å². The first-order valence-electron chi connectivity index (χ1n) is 6.91. The van der Waals surface area contributed by atoms with E-state index in [0.717, 1.165) is 18.4 Å². The quantitative estimate of drug-likeness (QED) is 0.921. The fraction of sp³-hybridized carbons (Fsp3) is 0.400. The molecule has 0 radical (unpaired) electrons. The summed E-state index contributed by atoms with van der Waals surface area (Å²) >= 11 is 0. The number of nitrogens with one attached hydrogen (secondary N) is 1. The molecule has 1 aromatic heterocycles. The summed E-state index contributed by atoms with van der Waals surface area (Å²) in [6.45, 7) is 2.27. The fourth-order valence-corrected chi connectivity index (χ4v) is 2.54. The molecule has 3 rings (SSSR count). The van der Waals surface area contributed by atoms with Gasteiger partial charge in [-0.3, -0.25) is 4.79 Å². The average Bonchev–Trinajstić information content (AvgIpc) is 3.06. The van der Waals surface area contributed by atoms with Gasteiger partial charge in [-0.1, -0.05) is 11.2 Å². The second kappa shape index (κ2) is 5.45. The minimum Gasteiger partial charge on any atom is -0.352 e. The standard InChI is InChI=1S/C15H17N3O2/c1-10-17-14(20-18-10)7-8-16-15(19)13-6-5-11-3-2-4-12(11)9-13/h5-6,9H,2-4,7-8H2,1H3,(H,16,19). The van der Waals surface area contributed by atoms with Crippen molar-refractivity contribution in [2.75, 3.05) is 6.54 Å². The van der Waals surface area contributed by atoms with Gasteiger partial charge in [0, 0.05) is 18.5 Å². The highest BCUT2D eigenvalue weighted by atomic mass is 16.5. The molecule has 0 spiro atoms. The Hall–Kier alpha value is -2.17. The Morgan fingerprint density at radius 2 is 2.20 bits per heavy atom. The first kappa shape index (κ1) is 12.8. The maximum Gasteiger partial charge on any atom is 0.251 e. The Morgan fingerprint density at radius 1 is 1.35 bits per heavy atom. The highest BCUT2D eigenvalue weighted by Gasteiger charge is 2.13. The maximum absolute atomic E-state index is 12.1. The van der Waals surface area contributed by atoms with Gasteiger partial charge in [0.15, 0.2) is 5.82 Å². The van der Waals surface area contributed by atoms with Crippen molar-refractivity contribution in [2.45, 2.75) is 32.6 Å². The monoisotopic (exact) mass is 271 g/mol. The van der Waals surface area contributed by atoms with Gasteiger partial charge in [-0.2, -0.15) is 4.98 Å². The number of benzene rings is 1. The zero-order valence-electron chi connectivity index (χ0n) is 11.5. The van der Waals surface area contributed by atoms with E-state index in [9.17, 15) is 4.79 Å². The molecule has 1 amide bonds. The molecule has 1 aliphatic rings. The van der Waals surface area contributed by atoms with E-state index >= 15 is 0 Å². The van der Waals surface area contributed by atoms with Gasteiger partial charge in [-0.15, -0.1) is 0 Å². The van der Waals surface area contributed by atoms with Crippen molar-refractivity contribution in [1.82, 2.24) is 15.5 Å². The van der Waals surface area contributed by atoms with Crippen LogP contribution in [0.25, 0.3) is 0 Å². The molecule has 5 heteroatoms. The van der Waals surface area contributed by atoms with Crippen molar-refractivity contribution in [1.29, 1.82) is 0 Å². The largest absolute Gasteiger partial charge is 0.352 e. The van der Waals surface area contributed by atoms with E-state index in [-0.39, 0.29) is 5.91 Å². The van der Waals surface area contributed by atoms with Gasteiger partial charge in [-0.05, 0) is 49.4 Å². The SMILES string of the molecule is Cc1noc(CCNC(=O)c2ccc3c(c2)CCC3)n1. The van der Waals surface area contributed by atoms with Gasteiger partial charge in [0.25, 0.3) is 5.91 Å². The van der Waals surface area contributed by atoms with Crippen LogP contribution in [0, 0.1) is 6.92 Å². The van der Waals surface area contributed by atoms with Crippen LogP contribution in [-0.4, -0.2) is 22.6 Å². The Morgan fingerprint density at radius 3 is 3.00 bits per heavy atom. The molecule has 0 atom stereocenters. The first-order chi connectivity index (χ1) is 9.72. The van der Waals surface area contributed by atoms with Gasteiger partial charge in [-0.25, -0.2) is 0 Å². The van der Waals surface area contributed by atoms with Crippen molar-refractivity contribution < 1.29 is 9.32 Å². The third-order valence-corrected chi connectivity index (χ3v) is 3.55. The van der Waals surface area contributed by atoms with Gasteiger partial charge in [0.1, 0.15) is 0 Å². The topological polar surface area (TPSA) is 68.0 Å². The second-order valence-electron chi connectivity index (χ2n) is 5.08. The summed E-state index contributed by atoms with van der Waals surface area (Å²) in [5, 5.41) is 6.59. The molecule has 1 aliphatic carbocycles. The van der Waals surface area contributed by atoms with Crippen LogP contribution in [0.4, 0.5) is 0 Å². The third kappa shape index (κ3) is 2.71. The van der Waals surface area contributed by atoms with Crippen molar-refractivity contribution in [3.8, 4) is 0 Å². The normalized spacial score (nSPS) is 13.2. The number of hydrogen-bond acceptors (Lipinski definition) is 4. The molecule has 0 saturated heterocycles. The summed E-state index contributed by atoms with van der Waals surface area (Å²) in [6, 6.07) is 5.98. The van der Waals surface area contributed by atoms with Crippen molar-refractivity contribution >= 4 is 5.91 Å². The van der Waals surface area contributed by atoms with Crippen molar-refractivity contribution in [3.63, 3.8) is 0 Å².